The van der Waals surface area contributed by atoms with Gasteiger partial charge >= 0.3 is 0 Å². The first kappa shape index (κ1) is 13.7. The second kappa shape index (κ2) is 5.97. The Morgan fingerprint density at radius 2 is 1.85 bits per heavy atom. The van der Waals surface area contributed by atoms with Crippen LogP contribution in [0.1, 0.15) is 13.8 Å². The van der Waals surface area contributed by atoms with Gasteiger partial charge in [-0.15, -0.1) is 0 Å². The molecule has 0 aliphatic heterocycles. The predicted octanol–water partition coefficient (Wildman–Crippen LogP) is 2.34. The summed E-state index contributed by atoms with van der Waals surface area (Å²) < 4.78 is 0. The van der Waals surface area contributed by atoms with Crippen LogP contribution in [0.25, 0.3) is 11.3 Å². The monoisotopic (exact) mass is 269 g/mol. The van der Waals surface area contributed by atoms with Crippen molar-refractivity contribution in [1.82, 2.24) is 10.2 Å². The second-order valence-corrected chi connectivity index (χ2v) is 4.59. The van der Waals surface area contributed by atoms with Gasteiger partial charge in [0.1, 0.15) is 0 Å². The fourth-order valence-corrected chi connectivity index (χ4v) is 1.67. The smallest absolute Gasteiger partial charge is 0.264 e. The zero-order valence-electron chi connectivity index (χ0n) is 11.3. The second-order valence-electron chi connectivity index (χ2n) is 4.59. The summed E-state index contributed by atoms with van der Waals surface area (Å²) in [5.74, 6) is -0.153. The third kappa shape index (κ3) is 3.65. The highest BCUT2D eigenvalue weighted by Gasteiger charge is 2.01. The molecule has 1 aromatic heterocycles. The molecule has 1 aromatic carbocycles. The standard InChI is InChI=1S/C15H15N3O2/c1-10(2)9-15(20)16-12-5-3-11(4-6-12)13-7-8-14(19)18-17-13/h3-9H,1-2H3,(H,16,20)(H,18,19). The SMILES string of the molecule is CC(C)=CC(=O)Nc1ccc(-c2ccc(=O)[nH]n2)cc1. The normalized spacial score (nSPS) is 9.90. The first-order chi connectivity index (χ1) is 9.54. The molecule has 0 saturated carbocycles. The summed E-state index contributed by atoms with van der Waals surface area (Å²) in [6.45, 7) is 3.73. The lowest BCUT2D eigenvalue weighted by molar-refractivity contribution is -0.111. The summed E-state index contributed by atoms with van der Waals surface area (Å²) in [7, 11) is 0. The fourth-order valence-electron chi connectivity index (χ4n) is 1.67. The number of aromatic amines is 1. The van der Waals surface area contributed by atoms with E-state index < -0.39 is 0 Å². The lowest BCUT2D eigenvalue weighted by Crippen LogP contribution is -2.08. The number of benzene rings is 1. The molecule has 0 radical (unpaired) electrons. The molecule has 2 aromatic rings. The Bertz CT molecular complexity index is 675. The third-order valence-corrected chi connectivity index (χ3v) is 2.55. The van der Waals surface area contributed by atoms with Crippen molar-refractivity contribution in [3.63, 3.8) is 0 Å². The van der Waals surface area contributed by atoms with Crippen LogP contribution in [-0.2, 0) is 4.79 Å². The number of nitrogens with zero attached hydrogens (tertiary/aromatic N) is 1. The molecule has 0 saturated heterocycles. The van der Waals surface area contributed by atoms with Gasteiger partial charge in [0.15, 0.2) is 0 Å². The zero-order valence-corrected chi connectivity index (χ0v) is 11.3. The van der Waals surface area contributed by atoms with Gasteiger partial charge in [0.25, 0.3) is 5.56 Å². The van der Waals surface area contributed by atoms with Gasteiger partial charge < -0.3 is 5.32 Å². The molecule has 5 heteroatoms. The van der Waals surface area contributed by atoms with Crippen molar-refractivity contribution in [3.8, 4) is 11.3 Å². The Balaban J connectivity index is 2.14. The van der Waals surface area contributed by atoms with Crippen molar-refractivity contribution in [1.29, 1.82) is 0 Å². The van der Waals surface area contributed by atoms with E-state index in [1.165, 1.54) is 12.1 Å². The van der Waals surface area contributed by atoms with Crippen LogP contribution >= 0.6 is 0 Å². The number of nitrogens with one attached hydrogen (secondary N) is 2. The first-order valence-electron chi connectivity index (χ1n) is 6.16. The first-order valence-corrected chi connectivity index (χ1v) is 6.16. The number of carbonyl (C=O) groups is 1. The molecule has 0 unspecified atom stereocenters. The van der Waals surface area contributed by atoms with Crippen LogP contribution in [-0.4, -0.2) is 16.1 Å². The number of hydrogen-bond acceptors (Lipinski definition) is 3. The third-order valence-electron chi connectivity index (χ3n) is 2.55. The highest BCUT2D eigenvalue weighted by atomic mass is 16.1. The van der Waals surface area contributed by atoms with Crippen LogP contribution in [0.2, 0.25) is 0 Å². The van der Waals surface area contributed by atoms with Gasteiger partial charge in [0.05, 0.1) is 5.69 Å². The predicted molar refractivity (Wildman–Crippen MR) is 78.4 cm³/mol. The maximum atomic E-state index is 11.6. The number of hydrogen-bond donors (Lipinski definition) is 2. The number of carbonyl (C=O) groups excluding carboxylic acids is 1. The average Bonchev–Trinajstić information content (AvgIpc) is 2.39. The molecule has 0 spiro atoms. The average molecular weight is 269 g/mol. The highest BCUT2D eigenvalue weighted by Crippen LogP contribution is 2.18. The van der Waals surface area contributed by atoms with Crippen LogP contribution in [0.3, 0.4) is 0 Å². The van der Waals surface area contributed by atoms with Crippen molar-refractivity contribution in [2.24, 2.45) is 0 Å². The number of H-pyrrole nitrogens is 1. The van der Waals surface area contributed by atoms with E-state index >= 15 is 0 Å². The van der Waals surface area contributed by atoms with Gasteiger partial charge in [-0.1, -0.05) is 17.7 Å². The van der Waals surface area contributed by atoms with Crippen molar-refractivity contribution in [2.75, 3.05) is 5.32 Å². The maximum absolute atomic E-state index is 11.6. The van der Waals surface area contributed by atoms with Crippen LogP contribution in [0.5, 0.6) is 0 Å². The van der Waals surface area contributed by atoms with Gasteiger partial charge in [-0.25, -0.2) is 5.10 Å². The van der Waals surface area contributed by atoms with Gasteiger partial charge in [-0.05, 0) is 32.0 Å². The summed E-state index contributed by atoms with van der Waals surface area (Å²) in [4.78, 5) is 22.5. The summed E-state index contributed by atoms with van der Waals surface area (Å²) in [5, 5.41) is 9.10. The molecule has 1 amide bonds. The number of anilines is 1. The van der Waals surface area contributed by atoms with E-state index in [0.717, 1.165) is 11.1 Å². The Kier molecular flexibility index (Phi) is 4.10. The number of amides is 1. The summed E-state index contributed by atoms with van der Waals surface area (Å²) in [6.07, 6.45) is 1.54. The molecule has 102 valence electrons. The molecule has 2 N–H and O–H groups in total. The molecule has 20 heavy (non-hydrogen) atoms. The molecule has 0 bridgehead atoms. The van der Waals surface area contributed by atoms with Gasteiger partial charge in [-0.3, -0.25) is 9.59 Å². The number of aromatic nitrogens is 2. The Hall–Kier alpha value is -2.69. The lowest BCUT2D eigenvalue weighted by Gasteiger charge is -2.04. The minimum Gasteiger partial charge on any atom is -0.323 e. The number of rotatable bonds is 3. The molecule has 0 fully saturated rings. The summed E-state index contributed by atoms with van der Waals surface area (Å²) >= 11 is 0. The Morgan fingerprint density at radius 1 is 1.15 bits per heavy atom. The van der Waals surface area contributed by atoms with E-state index in [9.17, 15) is 9.59 Å². The maximum Gasteiger partial charge on any atom is 0.264 e. The van der Waals surface area contributed by atoms with Crippen molar-refractivity contribution < 1.29 is 4.79 Å². The van der Waals surface area contributed by atoms with E-state index in [2.05, 4.69) is 15.5 Å². The molecule has 0 aliphatic carbocycles. The minimum absolute atomic E-state index is 0.153. The van der Waals surface area contributed by atoms with Gasteiger partial charge in [-0.2, -0.15) is 5.10 Å². The van der Waals surface area contributed by atoms with Crippen LogP contribution in [0, 0.1) is 0 Å². The van der Waals surface area contributed by atoms with Crippen LogP contribution < -0.4 is 10.9 Å². The van der Waals surface area contributed by atoms with Gasteiger partial charge in [0.2, 0.25) is 5.91 Å². The van der Waals surface area contributed by atoms with Crippen molar-refractivity contribution in [3.05, 3.63) is 58.4 Å². The largest absolute Gasteiger partial charge is 0.323 e. The van der Waals surface area contributed by atoms with Gasteiger partial charge in [0, 0.05) is 23.4 Å². The van der Waals surface area contributed by atoms with Crippen LogP contribution in [0.15, 0.2) is 52.8 Å². The van der Waals surface area contributed by atoms with E-state index in [-0.39, 0.29) is 11.5 Å². The Morgan fingerprint density at radius 3 is 2.40 bits per heavy atom. The molecule has 2 rings (SSSR count). The summed E-state index contributed by atoms with van der Waals surface area (Å²) in [6, 6.07) is 10.3. The molecule has 5 nitrogen and oxygen atoms in total. The van der Waals surface area contributed by atoms with Crippen molar-refractivity contribution in [2.45, 2.75) is 13.8 Å². The minimum atomic E-state index is -0.237. The number of allylic oxidation sites excluding steroid dienone is 1. The highest BCUT2D eigenvalue weighted by molar-refractivity contribution is 5.99. The molecular weight excluding hydrogens is 254 g/mol. The Labute approximate surface area is 116 Å². The quantitative estimate of drug-likeness (QED) is 0.840. The summed E-state index contributed by atoms with van der Waals surface area (Å²) in [5.41, 5.74) is 2.95. The molecular formula is C15H15N3O2. The van der Waals surface area contributed by atoms with E-state index in [4.69, 9.17) is 0 Å². The molecule has 1 heterocycles. The molecule has 0 atom stereocenters. The van der Waals surface area contributed by atoms with E-state index in [1.54, 1.807) is 18.2 Å². The van der Waals surface area contributed by atoms with Crippen LogP contribution in [0.4, 0.5) is 5.69 Å². The lowest BCUT2D eigenvalue weighted by atomic mass is 10.1. The van der Waals surface area contributed by atoms with E-state index in [0.29, 0.717) is 11.4 Å². The topological polar surface area (TPSA) is 74.8 Å². The van der Waals surface area contributed by atoms with E-state index in [1.807, 2.05) is 26.0 Å². The van der Waals surface area contributed by atoms with Crippen molar-refractivity contribution >= 4 is 11.6 Å². The fraction of sp³-hybridized carbons (Fsp3) is 0.133. The zero-order chi connectivity index (χ0) is 14.5. The molecule has 0 aliphatic rings.